The Hall–Kier alpha value is -1.50. The quantitative estimate of drug-likeness (QED) is 0.867. The number of aromatic nitrogens is 1. The summed E-state index contributed by atoms with van der Waals surface area (Å²) >= 11 is 1.29. The zero-order valence-electron chi connectivity index (χ0n) is 12.4. The lowest BCUT2D eigenvalue weighted by Gasteiger charge is -2.21. The van der Waals surface area contributed by atoms with Gasteiger partial charge in [0.25, 0.3) is 0 Å². The lowest BCUT2D eigenvalue weighted by molar-refractivity contribution is -0.120. The lowest BCUT2D eigenvalue weighted by atomic mass is 9.97. The topological polar surface area (TPSA) is 68.0 Å². The maximum atomic E-state index is 13.2. The first-order chi connectivity index (χ1) is 9.92. The van der Waals surface area contributed by atoms with Crippen LogP contribution in [0.25, 0.3) is 11.3 Å². The van der Waals surface area contributed by atoms with Crippen molar-refractivity contribution in [3.05, 3.63) is 35.5 Å². The number of nitrogens with zero attached hydrogens (tertiary/aromatic N) is 1. The summed E-state index contributed by atoms with van der Waals surface area (Å²) in [6, 6.07) is 6.18. The first-order valence-electron chi connectivity index (χ1n) is 6.74. The molecule has 7 heteroatoms. The van der Waals surface area contributed by atoms with E-state index in [-0.39, 0.29) is 24.1 Å². The van der Waals surface area contributed by atoms with Crippen LogP contribution in [0.1, 0.15) is 26.7 Å². The van der Waals surface area contributed by atoms with Gasteiger partial charge in [-0.1, -0.05) is 25.5 Å². The highest BCUT2D eigenvalue weighted by atomic mass is 35.5. The molecule has 1 heterocycles. The Morgan fingerprint density at radius 3 is 2.86 bits per heavy atom. The maximum absolute atomic E-state index is 13.2. The summed E-state index contributed by atoms with van der Waals surface area (Å²) in [4.78, 5) is 16.4. The second kappa shape index (κ2) is 7.67. The van der Waals surface area contributed by atoms with Gasteiger partial charge < -0.3 is 11.1 Å². The summed E-state index contributed by atoms with van der Waals surface area (Å²) in [6.07, 6.45) is 1.42. The highest BCUT2D eigenvalue weighted by Crippen LogP contribution is 2.26. The van der Waals surface area contributed by atoms with E-state index in [2.05, 4.69) is 10.3 Å². The molecule has 0 spiro atoms. The number of carbonyl (C=O) groups is 1. The number of halogens is 2. The van der Waals surface area contributed by atoms with E-state index in [1.54, 1.807) is 24.4 Å². The van der Waals surface area contributed by atoms with Crippen LogP contribution in [0, 0.1) is 5.82 Å². The predicted octanol–water partition coefficient (Wildman–Crippen LogP) is 3.83. The van der Waals surface area contributed by atoms with Crippen molar-refractivity contribution in [1.82, 2.24) is 4.98 Å². The van der Waals surface area contributed by atoms with E-state index < -0.39 is 5.54 Å². The van der Waals surface area contributed by atoms with Crippen LogP contribution in [0.4, 0.5) is 9.52 Å². The van der Waals surface area contributed by atoms with Gasteiger partial charge in [-0.25, -0.2) is 9.37 Å². The average molecular weight is 344 g/mol. The molecule has 0 saturated carbocycles. The molecule has 0 radical (unpaired) electrons. The van der Waals surface area contributed by atoms with E-state index in [0.717, 1.165) is 6.42 Å². The molecular weight excluding hydrogens is 325 g/mol. The summed E-state index contributed by atoms with van der Waals surface area (Å²) in [7, 11) is 0. The number of amides is 1. The standard InChI is InChI=1S/C15H18FN3OS.ClH/c1-3-7-15(2,17)13(20)19-14-18-12(9-21-14)10-5-4-6-11(16)8-10;/h4-6,8-9H,3,7,17H2,1-2H3,(H,18,19,20);1H. The SMILES string of the molecule is CCCC(C)(N)C(=O)Nc1nc(-c2cccc(F)c2)cs1.Cl. The minimum Gasteiger partial charge on any atom is -0.318 e. The van der Waals surface area contributed by atoms with Crippen LogP contribution in [0.15, 0.2) is 29.6 Å². The number of benzene rings is 1. The van der Waals surface area contributed by atoms with E-state index in [4.69, 9.17) is 5.73 Å². The number of rotatable bonds is 5. The predicted molar refractivity (Wildman–Crippen MR) is 90.9 cm³/mol. The fourth-order valence-electron chi connectivity index (χ4n) is 1.98. The van der Waals surface area contributed by atoms with E-state index in [1.165, 1.54) is 23.5 Å². The number of nitrogens with two attached hydrogens (primary N) is 1. The summed E-state index contributed by atoms with van der Waals surface area (Å²) in [5.41, 5.74) is 6.36. The van der Waals surface area contributed by atoms with Crippen LogP contribution in [-0.4, -0.2) is 16.4 Å². The number of hydrogen-bond donors (Lipinski definition) is 2. The Labute approximate surface area is 139 Å². The fourth-order valence-corrected chi connectivity index (χ4v) is 2.70. The maximum Gasteiger partial charge on any atom is 0.245 e. The van der Waals surface area contributed by atoms with Crippen molar-refractivity contribution in [3.63, 3.8) is 0 Å². The molecular formula is C15H19ClFN3OS. The van der Waals surface area contributed by atoms with E-state index in [9.17, 15) is 9.18 Å². The van der Waals surface area contributed by atoms with Crippen LogP contribution in [0.5, 0.6) is 0 Å². The summed E-state index contributed by atoms with van der Waals surface area (Å²) in [5.74, 6) is -0.576. The van der Waals surface area contributed by atoms with Gasteiger partial charge >= 0.3 is 0 Å². The number of thiazole rings is 1. The molecule has 0 saturated heterocycles. The molecule has 0 bridgehead atoms. The Morgan fingerprint density at radius 1 is 1.50 bits per heavy atom. The number of anilines is 1. The minimum absolute atomic E-state index is 0. The third-order valence-electron chi connectivity index (χ3n) is 3.13. The molecule has 1 amide bonds. The first kappa shape index (κ1) is 18.5. The van der Waals surface area contributed by atoms with Gasteiger partial charge in [0.1, 0.15) is 5.82 Å². The van der Waals surface area contributed by atoms with Crippen molar-refractivity contribution in [2.24, 2.45) is 5.73 Å². The van der Waals surface area contributed by atoms with Gasteiger partial charge in [-0.15, -0.1) is 23.7 Å². The molecule has 0 aliphatic carbocycles. The fraction of sp³-hybridized carbons (Fsp3) is 0.333. The monoisotopic (exact) mass is 343 g/mol. The normalized spacial score (nSPS) is 13.1. The Morgan fingerprint density at radius 2 is 2.23 bits per heavy atom. The smallest absolute Gasteiger partial charge is 0.245 e. The molecule has 0 aliphatic heterocycles. The van der Waals surface area contributed by atoms with Crippen molar-refractivity contribution in [2.45, 2.75) is 32.2 Å². The summed E-state index contributed by atoms with van der Waals surface area (Å²) in [5, 5.41) is 4.96. The highest BCUT2D eigenvalue weighted by molar-refractivity contribution is 7.14. The first-order valence-corrected chi connectivity index (χ1v) is 7.62. The molecule has 2 rings (SSSR count). The third kappa shape index (κ3) is 4.50. The Kier molecular flexibility index (Phi) is 6.47. The van der Waals surface area contributed by atoms with Crippen LogP contribution in [0.3, 0.4) is 0 Å². The van der Waals surface area contributed by atoms with E-state index >= 15 is 0 Å². The molecule has 1 aromatic heterocycles. The molecule has 1 unspecified atom stereocenters. The van der Waals surface area contributed by atoms with Crippen molar-refractivity contribution in [1.29, 1.82) is 0 Å². The molecule has 120 valence electrons. The van der Waals surface area contributed by atoms with E-state index in [0.29, 0.717) is 22.8 Å². The number of nitrogens with one attached hydrogen (secondary N) is 1. The zero-order chi connectivity index (χ0) is 15.5. The average Bonchev–Trinajstić information content (AvgIpc) is 2.87. The van der Waals surface area contributed by atoms with Crippen LogP contribution < -0.4 is 11.1 Å². The molecule has 1 aromatic carbocycles. The second-order valence-corrected chi connectivity index (χ2v) is 6.03. The van der Waals surface area contributed by atoms with Gasteiger partial charge in [0.15, 0.2) is 5.13 Å². The van der Waals surface area contributed by atoms with Gasteiger partial charge in [-0.3, -0.25) is 4.79 Å². The zero-order valence-corrected chi connectivity index (χ0v) is 14.1. The van der Waals surface area contributed by atoms with Crippen molar-refractivity contribution in [3.8, 4) is 11.3 Å². The molecule has 22 heavy (non-hydrogen) atoms. The van der Waals surface area contributed by atoms with Gasteiger partial charge in [-0.05, 0) is 25.5 Å². The molecule has 0 fully saturated rings. The largest absolute Gasteiger partial charge is 0.318 e. The van der Waals surface area contributed by atoms with Gasteiger partial charge in [0, 0.05) is 10.9 Å². The van der Waals surface area contributed by atoms with Crippen molar-refractivity contribution in [2.75, 3.05) is 5.32 Å². The van der Waals surface area contributed by atoms with Crippen LogP contribution in [0.2, 0.25) is 0 Å². The van der Waals surface area contributed by atoms with Crippen LogP contribution in [-0.2, 0) is 4.79 Å². The molecule has 4 nitrogen and oxygen atoms in total. The second-order valence-electron chi connectivity index (χ2n) is 5.17. The minimum atomic E-state index is -0.917. The van der Waals surface area contributed by atoms with Gasteiger partial charge in [-0.2, -0.15) is 0 Å². The van der Waals surface area contributed by atoms with Crippen LogP contribution >= 0.6 is 23.7 Å². The lowest BCUT2D eigenvalue weighted by Crippen LogP contribution is -2.48. The molecule has 3 N–H and O–H groups in total. The van der Waals surface area contributed by atoms with Gasteiger partial charge in [0.2, 0.25) is 5.91 Å². The third-order valence-corrected chi connectivity index (χ3v) is 3.89. The Bertz CT molecular complexity index is 645. The molecule has 2 aromatic rings. The van der Waals surface area contributed by atoms with Crippen molar-refractivity contribution < 1.29 is 9.18 Å². The summed E-state index contributed by atoms with van der Waals surface area (Å²) < 4.78 is 13.2. The van der Waals surface area contributed by atoms with Gasteiger partial charge in [0.05, 0.1) is 11.2 Å². The Balaban J connectivity index is 0.00000242. The van der Waals surface area contributed by atoms with E-state index in [1.807, 2.05) is 6.92 Å². The molecule has 0 aliphatic rings. The molecule has 1 atom stereocenters. The van der Waals surface area contributed by atoms with Crippen molar-refractivity contribution >= 4 is 34.8 Å². The summed E-state index contributed by atoms with van der Waals surface area (Å²) in [6.45, 7) is 3.68. The number of carbonyl (C=O) groups excluding carboxylic acids is 1. The highest BCUT2D eigenvalue weighted by Gasteiger charge is 2.27. The number of hydrogen-bond acceptors (Lipinski definition) is 4.